The van der Waals surface area contributed by atoms with E-state index in [4.69, 9.17) is 0 Å². The first kappa shape index (κ1) is 16.4. The van der Waals surface area contributed by atoms with Gasteiger partial charge in [-0.15, -0.1) is 11.3 Å². The van der Waals surface area contributed by atoms with Gasteiger partial charge in [0, 0.05) is 44.3 Å². The fourth-order valence-corrected chi connectivity index (χ4v) is 3.71. The van der Waals surface area contributed by atoms with E-state index in [2.05, 4.69) is 15.1 Å². The van der Waals surface area contributed by atoms with Gasteiger partial charge in [0.1, 0.15) is 16.4 Å². The minimum absolute atomic E-state index is 0.0518. The zero-order chi connectivity index (χ0) is 18.1. The Balaban J connectivity index is 1.47. The highest BCUT2D eigenvalue weighted by atomic mass is 32.1. The summed E-state index contributed by atoms with van der Waals surface area (Å²) in [6.45, 7) is 0.977. The number of amides is 2. The third-order valence-electron chi connectivity index (χ3n) is 4.15. The van der Waals surface area contributed by atoms with Gasteiger partial charge >= 0.3 is 0 Å². The van der Waals surface area contributed by atoms with Crippen molar-refractivity contribution in [2.45, 2.75) is 0 Å². The molecular weight excluding hydrogens is 352 g/mol. The van der Waals surface area contributed by atoms with E-state index >= 15 is 0 Å². The van der Waals surface area contributed by atoms with Crippen molar-refractivity contribution in [3.05, 3.63) is 48.0 Å². The van der Waals surface area contributed by atoms with Gasteiger partial charge < -0.3 is 9.80 Å². The Morgan fingerprint density at radius 1 is 1.19 bits per heavy atom. The van der Waals surface area contributed by atoms with E-state index < -0.39 is 0 Å². The molecule has 0 aromatic carbocycles. The zero-order valence-electron chi connectivity index (χ0n) is 14.1. The summed E-state index contributed by atoms with van der Waals surface area (Å²) in [4.78, 5) is 37.2. The lowest BCUT2D eigenvalue weighted by molar-refractivity contribution is -0.120. The van der Waals surface area contributed by atoms with E-state index in [0.29, 0.717) is 18.0 Å². The van der Waals surface area contributed by atoms with Crippen molar-refractivity contribution in [3.8, 4) is 10.6 Å². The van der Waals surface area contributed by atoms with Crippen LogP contribution in [0.4, 0.5) is 5.69 Å². The van der Waals surface area contributed by atoms with Crippen molar-refractivity contribution in [1.29, 1.82) is 0 Å². The summed E-state index contributed by atoms with van der Waals surface area (Å²) < 4.78 is 1.65. The second-order valence-electron chi connectivity index (χ2n) is 5.91. The molecule has 0 spiro atoms. The predicted molar refractivity (Wildman–Crippen MR) is 96.8 cm³/mol. The molecule has 2 amide bonds. The van der Waals surface area contributed by atoms with Crippen LogP contribution in [0, 0.1) is 0 Å². The smallest absolute Gasteiger partial charge is 0.266 e. The molecule has 1 saturated heterocycles. The van der Waals surface area contributed by atoms with Gasteiger partial charge in [0.25, 0.3) is 5.91 Å². The van der Waals surface area contributed by atoms with Gasteiger partial charge in [-0.1, -0.05) is 0 Å². The number of anilines is 1. The number of rotatable bonds is 3. The molecule has 0 N–H and O–H groups in total. The van der Waals surface area contributed by atoms with Crippen LogP contribution in [0.1, 0.15) is 9.67 Å². The van der Waals surface area contributed by atoms with Gasteiger partial charge in [0.2, 0.25) is 5.91 Å². The third-order valence-corrected chi connectivity index (χ3v) is 5.19. The topological polar surface area (TPSA) is 84.2 Å². The van der Waals surface area contributed by atoms with Crippen LogP contribution in [0.2, 0.25) is 0 Å². The van der Waals surface area contributed by atoms with Gasteiger partial charge in [-0.25, -0.2) is 4.98 Å². The highest BCUT2D eigenvalue weighted by Crippen LogP contribution is 2.26. The molecule has 4 rings (SSSR count). The summed E-state index contributed by atoms with van der Waals surface area (Å²) in [7, 11) is 1.80. The molecular formula is C17H16N6O2S. The highest BCUT2D eigenvalue weighted by molar-refractivity contribution is 7.16. The standard InChI is InChI=1S/C17H16N6O2S/c1-21-10-13(8-20-21)23-7-6-22(11-15(23)24)17(25)14-9-19-16(26-14)12-2-4-18-5-3-12/h2-5,8-10H,6-7,11H2,1H3. The minimum Gasteiger partial charge on any atom is -0.327 e. The number of piperazine rings is 1. The van der Waals surface area contributed by atoms with Gasteiger partial charge in [0.05, 0.1) is 18.1 Å². The number of nitrogens with zero attached hydrogens (tertiary/aromatic N) is 6. The van der Waals surface area contributed by atoms with Crippen molar-refractivity contribution < 1.29 is 9.59 Å². The average Bonchev–Trinajstić information content (AvgIpc) is 3.31. The number of carbonyl (C=O) groups is 2. The molecule has 0 saturated carbocycles. The summed E-state index contributed by atoms with van der Waals surface area (Å²) in [5, 5.41) is 4.85. The molecule has 3 aromatic heterocycles. The Kier molecular flexibility index (Phi) is 4.21. The molecule has 4 heterocycles. The number of pyridine rings is 1. The largest absolute Gasteiger partial charge is 0.327 e. The van der Waals surface area contributed by atoms with Crippen LogP contribution in [-0.4, -0.2) is 56.1 Å². The first-order valence-electron chi connectivity index (χ1n) is 8.06. The van der Waals surface area contributed by atoms with Crippen LogP contribution in [0.15, 0.2) is 43.1 Å². The van der Waals surface area contributed by atoms with E-state index in [1.165, 1.54) is 11.3 Å². The van der Waals surface area contributed by atoms with E-state index in [1.807, 2.05) is 12.1 Å². The third kappa shape index (κ3) is 3.08. The molecule has 1 fully saturated rings. The van der Waals surface area contributed by atoms with Crippen LogP contribution in [0.3, 0.4) is 0 Å². The van der Waals surface area contributed by atoms with E-state index in [9.17, 15) is 9.59 Å². The van der Waals surface area contributed by atoms with E-state index in [0.717, 1.165) is 16.3 Å². The van der Waals surface area contributed by atoms with Crippen molar-refractivity contribution in [2.24, 2.45) is 7.05 Å². The number of carbonyl (C=O) groups excluding carboxylic acids is 2. The second kappa shape index (κ2) is 6.68. The molecule has 1 aliphatic rings. The minimum atomic E-state index is -0.165. The van der Waals surface area contributed by atoms with Crippen LogP contribution in [0.5, 0.6) is 0 Å². The molecule has 0 aliphatic carbocycles. The van der Waals surface area contributed by atoms with Crippen LogP contribution >= 0.6 is 11.3 Å². The maximum atomic E-state index is 12.7. The van der Waals surface area contributed by atoms with Crippen molar-refractivity contribution in [1.82, 2.24) is 24.6 Å². The Morgan fingerprint density at radius 2 is 2.00 bits per heavy atom. The molecule has 8 nitrogen and oxygen atoms in total. The summed E-state index contributed by atoms with van der Waals surface area (Å²) >= 11 is 1.32. The monoisotopic (exact) mass is 368 g/mol. The molecule has 132 valence electrons. The number of aryl methyl sites for hydroxylation is 1. The lowest BCUT2D eigenvalue weighted by Crippen LogP contribution is -2.52. The van der Waals surface area contributed by atoms with Crippen LogP contribution in [0.25, 0.3) is 10.6 Å². The molecule has 3 aromatic rings. The van der Waals surface area contributed by atoms with E-state index in [1.54, 1.807) is 52.5 Å². The molecule has 26 heavy (non-hydrogen) atoms. The Morgan fingerprint density at radius 3 is 2.69 bits per heavy atom. The predicted octanol–water partition coefficient (Wildman–Crippen LogP) is 1.43. The molecule has 0 bridgehead atoms. The number of hydrogen-bond acceptors (Lipinski definition) is 6. The summed E-state index contributed by atoms with van der Waals surface area (Å²) in [5.74, 6) is -0.279. The average molecular weight is 368 g/mol. The summed E-state index contributed by atoms with van der Waals surface area (Å²) in [6.07, 6.45) is 8.39. The SMILES string of the molecule is Cn1cc(N2CCN(C(=O)c3cnc(-c4ccncc4)s3)CC2=O)cn1. The maximum Gasteiger partial charge on any atom is 0.266 e. The van der Waals surface area contributed by atoms with Crippen molar-refractivity contribution >= 4 is 28.8 Å². The Labute approximate surface area is 153 Å². The van der Waals surface area contributed by atoms with Crippen molar-refractivity contribution in [3.63, 3.8) is 0 Å². The maximum absolute atomic E-state index is 12.7. The Bertz CT molecular complexity index is 951. The molecule has 9 heteroatoms. The van der Waals surface area contributed by atoms with Crippen molar-refractivity contribution in [2.75, 3.05) is 24.5 Å². The molecule has 0 unspecified atom stereocenters. The zero-order valence-corrected chi connectivity index (χ0v) is 14.9. The molecule has 0 atom stereocenters. The second-order valence-corrected chi connectivity index (χ2v) is 6.94. The fourth-order valence-electron chi connectivity index (χ4n) is 2.82. The summed E-state index contributed by atoms with van der Waals surface area (Å²) in [6, 6.07) is 3.70. The fraction of sp³-hybridized carbons (Fsp3) is 0.235. The number of hydrogen-bond donors (Lipinski definition) is 0. The van der Waals surface area contributed by atoms with Crippen LogP contribution in [-0.2, 0) is 11.8 Å². The summed E-state index contributed by atoms with van der Waals surface area (Å²) in [5.41, 5.74) is 1.67. The lowest BCUT2D eigenvalue weighted by Gasteiger charge is -2.33. The number of aromatic nitrogens is 4. The Hall–Kier alpha value is -3.07. The van der Waals surface area contributed by atoms with Gasteiger partial charge in [-0.3, -0.25) is 19.3 Å². The quantitative estimate of drug-likeness (QED) is 0.698. The molecule has 0 radical (unpaired) electrons. The van der Waals surface area contributed by atoms with Gasteiger partial charge in [-0.05, 0) is 12.1 Å². The normalized spacial score (nSPS) is 14.7. The number of thiazole rings is 1. The first-order valence-corrected chi connectivity index (χ1v) is 8.88. The van der Waals surface area contributed by atoms with Crippen LogP contribution < -0.4 is 4.90 Å². The van der Waals surface area contributed by atoms with E-state index in [-0.39, 0.29) is 18.4 Å². The lowest BCUT2D eigenvalue weighted by atomic mass is 10.2. The first-order chi connectivity index (χ1) is 12.6. The molecule has 1 aliphatic heterocycles. The highest BCUT2D eigenvalue weighted by Gasteiger charge is 2.30. The van der Waals surface area contributed by atoms with Gasteiger partial charge in [-0.2, -0.15) is 5.10 Å². The van der Waals surface area contributed by atoms with Gasteiger partial charge in [0.15, 0.2) is 0 Å².